The minimum absolute atomic E-state index is 0.317. The summed E-state index contributed by atoms with van der Waals surface area (Å²) in [6, 6.07) is 7.77. The fourth-order valence-electron chi connectivity index (χ4n) is 7.33. The Labute approximate surface area is 265 Å². The Morgan fingerprint density at radius 1 is 0.909 bits per heavy atom. The van der Waals surface area contributed by atoms with Crippen molar-refractivity contribution in [2.24, 2.45) is 0 Å². The van der Waals surface area contributed by atoms with Gasteiger partial charge in [0.25, 0.3) is 0 Å². The van der Waals surface area contributed by atoms with Crippen LogP contribution in [-0.2, 0) is 23.7 Å². The molecule has 4 aliphatic rings. The number of hydrogen-bond donors (Lipinski definition) is 1. The van der Waals surface area contributed by atoms with Gasteiger partial charge in [0.05, 0.1) is 0 Å². The Bertz CT molecular complexity index is 975. The number of nitrogens with zero attached hydrogens (tertiary/aromatic N) is 1. The third-order valence-corrected chi connectivity index (χ3v) is 9.87. The van der Waals surface area contributed by atoms with Gasteiger partial charge in [-0.05, 0) is 64.3 Å². The first-order valence-electron chi connectivity index (χ1n) is 17.9. The first-order valence-corrected chi connectivity index (χ1v) is 17.9. The number of likely N-dealkylation sites (tertiary alicyclic amines) is 1. The third kappa shape index (κ3) is 9.65. The molecular weight excluding hydrogens is 556 g/mol. The Morgan fingerprint density at radius 3 is 2.27 bits per heavy atom. The van der Waals surface area contributed by atoms with Crippen LogP contribution in [0, 0.1) is 6.92 Å². The van der Waals surface area contributed by atoms with Gasteiger partial charge in [-0.1, -0.05) is 88.8 Å². The van der Waals surface area contributed by atoms with Gasteiger partial charge in [-0.2, -0.15) is 0 Å². The molecule has 0 radical (unpaired) electrons. The smallest absolute Gasteiger partial charge is 0.412 e. The molecule has 5 atom stereocenters. The quantitative estimate of drug-likeness (QED) is 0.200. The Kier molecular flexibility index (Phi) is 13.2. The van der Waals surface area contributed by atoms with Gasteiger partial charge in [-0.15, -0.1) is 0 Å². The second kappa shape index (κ2) is 17.3. The molecule has 0 bridgehead atoms. The van der Waals surface area contributed by atoms with Crippen molar-refractivity contribution in [1.29, 1.82) is 0 Å². The minimum atomic E-state index is -0.567. The lowest BCUT2D eigenvalue weighted by Crippen LogP contribution is -2.50. The SMILES string of the molecule is CCCCCCCCCCO[C@@H]1[C@H]2OC3(CCCCC3)O[C@H]2O[C@@H]1[C@@H](CN1CCCCCC1)OC(=O)Nc1ccc(C)cc1. The van der Waals surface area contributed by atoms with E-state index in [4.69, 9.17) is 23.7 Å². The maximum atomic E-state index is 13.3. The lowest BCUT2D eigenvalue weighted by Gasteiger charge is -2.36. The molecule has 8 nitrogen and oxygen atoms in total. The standard InChI is InChI=1S/C36H58N2O6/c1-3-4-5-6-7-8-11-17-26-40-32-31(42-34-33(32)43-36(44-34)22-13-12-14-23-36)30(27-38-24-15-9-10-16-25-38)41-35(39)37-29-20-18-28(2)19-21-29/h18-21,30-34H,3-17,22-27H2,1-2H3,(H,37,39)/t30-,31-,32+,33-,34-/m1/s1. The lowest BCUT2D eigenvalue weighted by atomic mass is 9.94. The molecule has 248 valence electrons. The fraction of sp³-hybridized carbons (Fsp3) is 0.806. The molecule has 5 rings (SSSR count). The van der Waals surface area contributed by atoms with E-state index in [0.717, 1.165) is 70.0 Å². The van der Waals surface area contributed by atoms with E-state index < -0.39 is 30.4 Å². The maximum absolute atomic E-state index is 13.3. The van der Waals surface area contributed by atoms with E-state index in [1.165, 1.54) is 57.8 Å². The van der Waals surface area contributed by atoms with E-state index in [9.17, 15) is 4.79 Å². The molecule has 1 aromatic rings. The van der Waals surface area contributed by atoms with Crippen LogP contribution in [0.2, 0.25) is 0 Å². The first-order chi connectivity index (χ1) is 21.5. The van der Waals surface area contributed by atoms with E-state index >= 15 is 0 Å². The van der Waals surface area contributed by atoms with Crippen molar-refractivity contribution in [2.45, 2.75) is 159 Å². The Balaban J connectivity index is 1.26. The van der Waals surface area contributed by atoms with E-state index in [-0.39, 0.29) is 12.2 Å². The Morgan fingerprint density at radius 2 is 1.57 bits per heavy atom. The van der Waals surface area contributed by atoms with Crippen LogP contribution in [0.25, 0.3) is 0 Å². The summed E-state index contributed by atoms with van der Waals surface area (Å²) in [6.07, 6.45) is 17.4. The summed E-state index contributed by atoms with van der Waals surface area (Å²) in [5.41, 5.74) is 1.85. The highest BCUT2D eigenvalue weighted by atomic mass is 16.8. The number of hydrogen-bond acceptors (Lipinski definition) is 7. The molecule has 3 heterocycles. The van der Waals surface area contributed by atoms with Crippen LogP contribution in [0.5, 0.6) is 0 Å². The second-order valence-electron chi connectivity index (χ2n) is 13.6. The number of ether oxygens (including phenoxy) is 5. The highest BCUT2D eigenvalue weighted by molar-refractivity contribution is 5.84. The number of rotatable bonds is 15. The summed E-state index contributed by atoms with van der Waals surface area (Å²) in [6.45, 7) is 7.54. The largest absolute Gasteiger partial charge is 0.442 e. The van der Waals surface area contributed by atoms with Gasteiger partial charge in [0.15, 0.2) is 12.1 Å². The van der Waals surface area contributed by atoms with Gasteiger partial charge < -0.3 is 23.7 Å². The molecule has 1 spiro atoms. The summed E-state index contributed by atoms with van der Waals surface area (Å²) in [5, 5.41) is 2.93. The molecule has 1 aromatic carbocycles. The van der Waals surface area contributed by atoms with E-state index in [0.29, 0.717) is 18.8 Å². The predicted octanol–water partition coefficient (Wildman–Crippen LogP) is 8.11. The average molecular weight is 615 g/mol. The Hall–Kier alpha value is -1.71. The van der Waals surface area contributed by atoms with Crippen LogP contribution < -0.4 is 5.32 Å². The number of unbranched alkanes of at least 4 members (excludes halogenated alkanes) is 7. The fourth-order valence-corrected chi connectivity index (χ4v) is 7.33. The van der Waals surface area contributed by atoms with Gasteiger partial charge in [-0.25, -0.2) is 4.79 Å². The zero-order valence-corrected chi connectivity index (χ0v) is 27.4. The molecule has 0 unspecified atom stereocenters. The molecule has 1 saturated carbocycles. The van der Waals surface area contributed by atoms with Gasteiger partial charge in [0.2, 0.25) is 0 Å². The van der Waals surface area contributed by atoms with Crippen molar-refractivity contribution in [1.82, 2.24) is 4.90 Å². The summed E-state index contributed by atoms with van der Waals surface area (Å²) < 4.78 is 32.8. The molecule has 44 heavy (non-hydrogen) atoms. The molecule has 8 heteroatoms. The maximum Gasteiger partial charge on any atom is 0.412 e. The molecule has 1 amide bonds. The van der Waals surface area contributed by atoms with Crippen LogP contribution in [-0.4, -0.2) is 73.7 Å². The topological polar surface area (TPSA) is 78.5 Å². The number of amides is 1. The third-order valence-electron chi connectivity index (χ3n) is 9.87. The molecule has 4 fully saturated rings. The molecule has 1 N–H and O–H groups in total. The molecule has 3 saturated heterocycles. The van der Waals surface area contributed by atoms with Gasteiger partial charge in [-0.3, -0.25) is 10.2 Å². The normalized spacial score (nSPS) is 27.6. The van der Waals surface area contributed by atoms with Crippen LogP contribution in [0.1, 0.15) is 122 Å². The van der Waals surface area contributed by atoms with E-state index in [1.807, 2.05) is 31.2 Å². The highest BCUT2D eigenvalue weighted by Gasteiger charge is 2.60. The minimum Gasteiger partial charge on any atom is -0.442 e. The van der Waals surface area contributed by atoms with Crippen molar-refractivity contribution in [2.75, 3.05) is 31.6 Å². The monoisotopic (exact) mass is 614 g/mol. The average Bonchev–Trinajstić information content (AvgIpc) is 3.38. The van der Waals surface area contributed by atoms with Gasteiger partial charge in [0, 0.05) is 31.7 Å². The van der Waals surface area contributed by atoms with Crippen LogP contribution in [0.3, 0.4) is 0 Å². The summed E-state index contributed by atoms with van der Waals surface area (Å²) in [4.78, 5) is 15.7. The van der Waals surface area contributed by atoms with Crippen LogP contribution in [0.15, 0.2) is 24.3 Å². The lowest BCUT2D eigenvalue weighted by molar-refractivity contribution is -0.256. The van der Waals surface area contributed by atoms with Crippen molar-refractivity contribution in [3.8, 4) is 0 Å². The number of anilines is 1. The highest BCUT2D eigenvalue weighted by Crippen LogP contribution is 2.46. The molecule has 3 aliphatic heterocycles. The summed E-state index contributed by atoms with van der Waals surface area (Å²) >= 11 is 0. The number of carbonyl (C=O) groups excluding carboxylic acids is 1. The number of carbonyl (C=O) groups is 1. The van der Waals surface area contributed by atoms with Crippen LogP contribution >= 0.6 is 0 Å². The van der Waals surface area contributed by atoms with Gasteiger partial charge in [0.1, 0.15) is 24.4 Å². The van der Waals surface area contributed by atoms with Crippen LogP contribution in [0.4, 0.5) is 10.5 Å². The van der Waals surface area contributed by atoms with E-state index in [1.54, 1.807) is 0 Å². The van der Waals surface area contributed by atoms with E-state index in [2.05, 4.69) is 17.1 Å². The summed E-state index contributed by atoms with van der Waals surface area (Å²) in [5.74, 6) is -0.567. The second-order valence-corrected chi connectivity index (χ2v) is 13.6. The van der Waals surface area contributed by atoms with Crippen molar-refractivity contribution < 1.29 is 28.5 Å². The number of fused-ring (bicyclic) bond motifs is 1. The predicted molar refractivity (Wildman–Crippen MR) is 173 cm³/mol. The molecule has 0 aromatic heterocycles. The van der Waals surface area contributed by atoms with Crippen molar-refractivity contribution in [3.63, 3.8) is 0 Å². The zero-order chi connectivity index (χ0) is 30.6. The first kappa shape index (κ1) is 33.6. The van der Waals surface area contributed by atoms with Crippen molar-refractivity contribution in [3.05, 3.63) is 29.8 Å². The van der Waals surface area contributed by atoms with Gasteiger partial charge >= 0.3 is 6.09 Å². The zero-order valence-electron chi connectivity index (χ0n) is 27.4. The summed E-state index contributed by atoms with van der Waals surface area (Å²) in [7, 11) is 0. The number of aryl methyl sites for hydroxylation is 1. The number of benzene rings is 1. The number of nitrogens with one attached hydrogen (secondary N) is 1. The molecule has 1 aliphatic carbocycles. The molecular formula is C36H58N2O6. The van der Waals surface area contributed by atoms with Crippen molar-refractivity contribution >= 4 is 11.8 Å².